The van der Waals surface area contributed by atoms with Crippen molar-refractivity contribution in [3.05, 3.63) is 35.1 Å². The minimum Gasteiger partial charge on any atom is -0.292 e. The summed E-state index contributed by atoms with van der Waals surface area (Å²) in [5.74, 6) is 1.01. The highest BCUT2D eigenvalue weighted by atomic mass is 19.1. The van der Waals surface area contributed by atoms with Crippen LogP contribution in [0, 0.1) is 24.6 Å². The molecule has 0 aliphatic rings. The van der Waals surface area contributed by atoms with Gasteiger partial charge in [-0.2, -0.15) is 0 Å². The number of rotatable bonds is 2. The molecule has 0 amide bonds. The van der Waals surface area contributed by atoms with Crippen molar-refractivity contribution >= 4 is 5.71 Å². The molecule has 0 aliphatic carbocycles. The van der Waals surface area contributed by atoms with Gasteiger partial charge in [-0.15, -0.1) is 0 Å². The minimum absolute atomic E-state index is 0.189. The van der Waals surface area contributed by atoms with Crippen LogP contribution in [0.4, 0.5) is 4.39 Å². The maximum atomic E-state index is 12.9. The van der Waals surface area contributed by atoms with E-state index in [2.05, 4.69) is 39.6 Å². The average molecular weight is 251 g/mol. The van der Waals surface area contributed by atoms with E-state index >= 15 is 0 Å². The van der Waals surface area contributed by atoms with Gasteiger partial charge in [-0.1, -0.05) is 34.6 Å². The number of halogens is 1. The Bertz CT molecular complexity index is 389. The Morgan fingerprint density at radius 3 is 1.94 bits per heavy atom. The number of hydrogen-bond donors (Lipinski definition) is 0. The van der Waals surface area contributed by atoms with Gasteiger partial charge in [-0.3, -0.25) is 4.99 Å². The molecule has 1 nitrogen and oxygen atoms in total. The Labute approximate surface area is 111 Å². The first kappa shape index (κ1) is 16.8. The summed E-state index contributed by atoms with van der Waals surface area (Å²) in [6, 6.07) is 4.83. The monoisotopic (exact) mass is 251 g/mol. The standard InChI is InChI=1S/C12H16FN.C4H10/c1-8(2)12(14-4)11-6-5-10(13)7-9(11)3;1-4(2)3/h5-8H,1-4H3;4H,1-3H3. The molecule has 0 unspecified atom stereocenters. The minimum atomic E-state index is -0.189. The fourth-order valence-corrected chi connectivity index (χ4v) is 1.60. The van der Waals surface area contributed by atoms with Crippen LogP contribution in [0.15, 0.2) is 23.2 Å². The fourth-order valence-electron chi connectivity index (χ4n) is 1.60. The van der Waals surface area contributed by atoms with Crippen LogP contribution in [0.2, 0.25) is 0 Å². The van der Waals surface area contributed by atoms with Gasteiger partial charge in [0.2, 0.25) is 0 Å². The molecule has 1 aromatic rings. The van der Waals surface area contributed by atoms with Gasteiger partial charge in [0, 0.05) is 12.8 Å². The molecule has 0 saturated heterocycles. The van der Waals surface area contributed by atoms with E-state index in [1.807, 2.05) is 6.92 Å². The molecule has 1 rings (SSSR count). The molecule has 0 radical (unpaired) electrons. The van der Waals surface area contributed by atoms with Gasteiger partial charge in [0.1, 0.15) is 5.82 Å². The lowest BCUT2D eigenvalue weighted by Gasteiger charge is -2.12. The highest BCUT2D eigenvalue weighted by molar-refractivity contribution is 6.02. The first-order chi connectivity index (χ1) is 8.29. The summed E-state index contributed by atoms with van der Waals surface area (Å²) in [6.45, 7) is 12.6. The quantitative estimate of drug-likeness (QED) is 0.665. The van der Waals surface area contributed by atoms with Crippen LogP contribution in [0.3, 0.4) is 0 Å². The van der Waals surface area contributed by atoms with Crippen LogP contribution in [0.1, 0.15) is 45.7 Å². The molecule has 0 N–H and O–H groups in total. The second kappa shape index (κ2) is 8.02. The third kappa shape index (κ3) is 5.95. The van der Waals surface area contributed by atoms with E-state index in [1.165, 1.54) is 6.07 Å². The van der Waals surface area contributed by atoms with Crippen molar-refractivity contribution in [1.29, 1.82) is 0 Å². The number of nitrogens with zero attached hydrogens (tertiary/aromatic N) is 1. The van der Waals surface area contributed by atoms with E-state index in [0.717, 1.165) is 22.8 Å². The SMILES string of the molecule is CC(C)C.CN=C(c1ccc(F)cc1C)C(C)C. The van der Waals surface area contributed by atoms with Crippen molar-refractivity contribution in [1.82, 2.24) is 0 Å². The van der Waals surface area contributed by atoms with E-state index < -0.39 is 0 Å². The third-order valence-corrected chi connectivity index (χ3v) is 2.25. The Balaban J connectivity index is 0.000000631. The lowest BCUT2D eigenvalue weighted by molar-refractivity contribution is 0.626. The largest absolute Gasteiger partial charge is 0.292 e. The van der Waals surface area contributed by atoms with Crippen molar-refractivity contribution in [3.63, 3.8) is 0 Å². The Morgan fingerprint density at radius 2 is 1.61 bits per heavy atom. The predicted molar refractivity (Wildman–Crippen MR) is 78.9 cm³/mol. The summed E-state index contributed by atoms with van der Waals surface area (Å²) in [4.78, 5) is 4.24. The molecule has 0 saturated carbocycles. The van der Waals surface area contributed by atoms with Gasteiger partial charge in [0.05, 0.1) is 0 Å². The molecule has 0 heterocycles. The van der Waals surface area contributed by atoms with Crippen LogP contribution < -0.4 is 0 Å². The first-order valence-electron chi connectivity index (χ1n) is 6.52. The summed E-state index contributed by atoms with van der Waals surface area (Å²) >= 11 is 0. The van der Waals surface area contributed by atoms with E-state index in [1.54, 1.807) is 19.2 Å². The Kier molecular flexibility index (Phi) is 7.49. The molecular formula is C16H26FN. The number of aryl methyl sites for hydroxylation is 1. The lowest BCUT2D eigenvalue weighted by atomic mass is 9.96. The summed E-state index contributed by atoms with van der Waals surface area (Å²) < 4.78 is 12.9. The molecular weight excluding hydrogens is 225 g/mol. The molecule has 1 aromatic carbocycles. The van der Waals surface area contributed by atoms with Crippen molar-refractivity contribution in [3.8, 4) is 0 Å². The normalized spacial score (nSPS) is 11.6. The second-order valence-corrected chi connectivity index (χ2v) is 5.45. The van der Waals surface area contributed by atoms with Crippen molar-refractivity contribution < 1.29 is 4.39 Å². The maximum absolute atomic E-state index is 12.9. The topological polar surface area (TPSA) is 12.4 Å². The van der Waals surface area contributed by atoms with Gasteiger partial charge in [-0.05, 0) is 48.1 Å². The molecule has 0 fully saturated rings. The molecule has 0 aromatic heterocycles. The first-order valence-corrected chi connectivity index (χ1v) is 6.52. The molecule has 0 spiro atoms. The van der Waals surface area contributed by atoms with Crippen LogP contribution >= 0.6 is 0 Å². The average Bonchev–Trinajstić information content (AvgIpc) is 2.20. The Hall–Kier alpha value is -1.18. The zero-order valence-electron chi connectivity index (χ0n) is 12.7. The number of hydrogen-bond acceptors (Lipinski definition) is 1. The summed E-state index contributed by atoms with van der Waals surface area (Å²) in [6.07, 6.45) is 0. The van der Waals surface area contributed by atoms with Gasteiger partial charge < -0.3 is 0 Å². The lowest BCUT2D eigenvalue weighted by Crippen LogP contribution is -2.11. The zero-order valence-corrected chi connectivity index (χ0v) is 12.7. The van der Waals surface area contributed by atoms with Crippen molar-refractivity contribution in [2.45, 2.75) is 41.5 Å². The predicted octanol–water partition coefficient (Wildman–Crippen LogP) is 4.87. The summed E-state index contributed by atoms with van der Waals surface area (Å²) in [5, 5.41) is 0. The van der Waals surface area contributed by atoms with E-state index in [4.69, 9.17) is 0 Å². The highest BCUT2D eigenvalue weighted by Crippen LogP contribution is 2.15. The van der Waals surface area contributed by atoms with Gasteiger partial charge in [-0.25, -0.2) is 4.39 Å². The fraction of sp³-hybridized carbons (Fsp3) is 0.562. The van der Waals surface area contributed by atoms with Crippen LogP contribution in [0.25, 0.3) is 0 Å². The van der Waals surface area contributed by atoms with Crippen LogP contribution in [-0.4, -0.2) is 12.8 Å². The molecule has 0 aliphatic heterocycles. The van der Waals surface area contributed by atoms with Crippen LogP contribution in [0.5, 0.6) is 0 Å². The maximum Gasteiger partial charge on any atom is 0.123 e. The zero-order chi connectivity index (χ0) is 14.3. The number of aliphatic imine (C=N–C) groups is 1. The van der Waals surface area contributed by atoms with E-state index in [0.29, 0.717) is 5.92 Å². The van der Waals surface area contributed by atoms with E-state index in [9.17, 15) is 4.39 Å². The Morgan fingerprint density at radius 1 is 1.11 bits per heavy atom. The van der Waals surface area contributed by atoms with Gasteiger partial charge >= 0.3 is 0 Å². The van der Waals surface area contributed by atoms with Gasteiger partial charge in [0.15, 0.2) is 0 Å². The number of benzene rings is 1. The highest BCUT2D eigenvalue weighted by Gasteiger charge is 2.10. The molecule has 0 bridgehead atoms. The molecule has 102 valence electrons. The molecule has 2 heteroatoms. The second-order valence-electron chi connectivity index (χ2n) is 5.45. The summed E-state index contributed by atoms with van der Waals surface area (Å²) in [7, 11) is 1.78. The molecule has 0 atom stereocenters. The third-order valence-electron chi connectivity index (χ3n) is 2.25. The van der Waals surface area contributed by atoms with Crippen molar-refractivity contribution in [2.24, 2.45) is 16.8 Å². The summed E-state index contributed by atoms with van der Waals surface area (Å²) in [5.41, 5.74) is 3.02. The van der Waals surface area contributed by atoms with E-state index in [-0.39, 0.29) is 5.82 Å². The van der Waals surface area contributed by atoms with Crippen molar-refractivity contribution in [2.75, 3.05) is 7.05 Å². The molecule has 18 heavy (non-hydrogen) atoms. The smallest absolute Gasteiger partial charge is 0.123 e. The van der Waals surface area contributed by atoms with Gasteiger partial charge in [0.25, 0.3) is 0 Å². The van der Waals surface area contributed by atoms with Crippen LogP contribution in [-0.2, 0) is 0 Å².